The molecular weight excluding hydrogens is 373 g/mol. The number of carbonyl (C=O) groups excluding carboxylic acids is 1. The summed E-state index contributed by atoms with van der Waals surface area (Å²) in [5.41, 5.74) is 1.13. The zero-order valence-corrected chi connectivity index (χ0v) is 15.1. The van der Waals surface area contributed by atoms with Crippen LogP contribution in [0.5, 0.6) is 5.75 Å². The van der Waals surface area contributed by atoms with Crippen LogP contribution >= 0.6 is 0 Å². The molecule has 0 radical (unpaired) electrons. The van der Waals surface area contributed by atoms with Gasteiger partial charge < -0.3 is 20.3 Å². The molecule has 1 fully saturated rings. The zero-order valence-electron chi connectivity index (χ0n) is 15.1. The van der Waals surface area contributed by atoms with Crippen LogP contribution in [0.1, 0.15) is 24.0 Å². The predicted molar refractivity (Wildman–Crippen MR) is 97.9 cm³/mol. The zero-order chi connectivity index (χ0) is 20.0. The summed E-state index contributed by atoms with van der Waals surface area (Å²) in [5.74, 6) is 0.551. The largest absolute Gasteiger partial charge is 0.573 e. The van der Waals surface area contributed by atoms with E-state index >= 15 is 0 Å². The van der Waals surface area contributed by atoms with Gasteiger partial charge in [0.05, 0.1) is 0 Å². The molecular formula is C19H21F3N4O2. The normalized spacial score (nSPS) is 14.0. The molecule has 0 unspecified atom stereocenters. The number of hydrogen-bond donors (Lipinski definition) is 2. The van der Waals surface area contributed by atoms with E-state index in [0.29, 0.717) is 0 Å². The Kier molecular flexibility index (Phi) is 6.23. The van der Waals surface area contributed by atoms with Crippen LogP contribution in [0, 0.1) is 0 Å². The fourth-order valence-electron chi connectivity index (χ4n) is 2.98. The van der Waals surface area contributed by atoms with Crippen LogP contribution in [0.4, 0.5) is 23.8 Å². The van der Waals surface area contributed by atoms with E-state index in [4.69, 9.17) is 0 Å². The quantitative estimate of drug-likeness (QED) is 0.786. The average Bonchev–Trinajstić information content (AvgIpc) is 3.19. The number of amides is 2. The number of nitrogens with one attached hydrogen (secondary N) is 2. The third kappa shape index (κ3) is 5.77. The van der Waals surface area contributed by atoms with E-state index in [1.807, 2.05) is 12.1 Å². The molecule has 0 saturated carbocycles. The Morgan fingerprint density at radius 2 is 1.82 bits per heavy atom. The van der Waals surface area contributed by atoms with Crippen molar-refractivity contribution in [3.8, 4) is 5.75 Å². The highest BCUT2D eigenvalue weighted by molar-refractivity contribution is 5.74. The average molecular weight is 394 g/mol. The molecule has 0 aliphatic carbocycles. The van der Waals surface area contributed by atoms with E-state index < -0.39 is 12.4 Å². The number of pyridine rings is 1. The first-order chi connectivity index (χ1) is 13.4. The van der Waals surface area contributed by atoms with Gasteiger partial charge in [0.1, 0.15) is 11.6 Å². The van der Waals surface area contributed by atoms with Gasteiger partial charge in [-0.05, 0) is 36.6 Å². The molecule has 28 heavy (non-hydrogen) atoms. The van der Waals surface area contributed by atoms with Gasteiger partial charge in [0.2, 0.25) is 0 Å². The molecule has 1 aromatic heterocycles. The summed E-state index contributed by atoms with van der Waals surface area (Å²) >= 11 is 0. The van der Waals surface area contributed by atoms with Crippen molar-refractivity contribution in [2.24, 2.45) is 0 Å². The number of rotatable bonds is 6. The fraction of sp³-hybridized carbons (Fsp3) is 0.368. The van der Waals surface area contributed by atoms with E-state index in [1.54, 1.807) is 12.3 Å². The Morgan fingerprint density at radius 3 is 2.57 bits per heavy atom. The summed E-state index contributed by atoms with van der Waals surface area (Å²) in [7, 11) is 0. The van der Waals surface area contributed by atoms with Gasteiger partial charge in [0.15, 0.2) is 0 Å². The molecule has 1 aliphatic rings. The molecule has 2 N–H and O–H groups in total. The Labute approximate surface area is 160 Å². The van der Waals surface area contributed by atoms with E-state index in [0.717, 1.165) is 37.3 Å². The summed E-state index contributed by atoms with van der Waals surface area (Å²) in [5, 5.41) is 5.24. The third-order valence-electron chi connectivity index (χ3n) is 4.33. The highest BCUT2D eigenvalue weighted by atomic mass is 19.4. The molecule has 2 amide bonds. The molecule has 0 atom stereocenters. The standard InChI is InChI=1S/C19H21F3N4O2/c20-19(21,22)28-16-6-2-1-5-15(16)13-25-18(27)24-12-14-7-8-23-17(11-14)26-9-3-4-10-26/h1-2,5-8,11H,3-4,9-10,12-13H2,(H2,24,25,27). The van der Waals surface area contributed by atoms with Crippen molar-refractivity contribution in [1.29, 1.82) is 0 Å². The first kappa shape index (κ1) is 19.8. The number of anilines is 1. The Balaban J connectivity index is 1.51. The van der Waals surface area contributed by atoms with Crippen molar-refractivity contribution in [2.75, 3.05) is 18.0 Å². The number of halogens is 3. The van der Waals surface area contributed by atoms with Crippen LogP contribution in [0.25, 0.3) is 0 Å². The molecule has 0 spiro atoms. The highest BCUT2D eigenvalue weighted by Crippen LogP contribution is 2.26. The number of para-hydroxylation sites is 1. The SMILES string of the molecule is O=C(NCc1ccnc(N2CCCC2)c1)NCc1ccccc1OC(F)(F)F. The van der Waals surface area contributed by atoms with Crippen molar-refractivity contribution in [1.82, 2.24) is 15.6 Å². The van der Waals surface area contributed by atoms with E-state index in [2.05, 4.69) is 25.3 Å². The van der Waals surface area contributed by atoms with Gasteiger partial charge in [-0.25, -0.2) is 9.78 Å². The molecule has 0 bridgehead atoms. The van der Waals surface area contributed by atoms with Crippen molar-refractivity contribution in [3.05, 3.63) is 53.7 Å². The molecule has 2 aromatic rings. The van der Waals surface area contributed by atoms with Crippen molar-refractivity contribution < 1.29 is 22.7 Å². The second-order valence-electron chi connectivity index (χ2n) is 6.41. The predicted octanol–water partition coefficient (Wildman–Crippen LogP) is 3.58. The minimum absolute atomic E-state index is 0.0898. The number of aromatic nitrogens is 1. The monoisotopic (exact) mass is 394 g/mol. The molecule has 1 saturated heterocycles. The Bertz CT molecular complexity index is 808. The van der Waals surface area contributed by atoms with Gasteiger partial charge in [0, 0.05) is 37.9 Å². The first-order valence-corrected chi connectivity index (χ1v) is 8.96. The van der Waals surface area contributed by atoms with Crippen LogP contribution < -0.4 is 20.3 Å². The third-order valence-corrected chi connectivity index (χ3v) is 4.33. The van der Waals surface area contributed by atoms with Crippen LogP contribution in [0.2, 0.25) is 0 Å². The van der Waals surface area contributed by atoms with Gasteiger partial charge in [-0.3, -0.25) is 0 Å². The minimum Gasteiger partial charge on any atom is -0.405 e. The summed E-state index contributed by atoms with van der Waals surface area (Å²) in [6.45, 7) is 2.15. The molecule has 150 valence electrons. The summed E-state index contributed by atoms with van der Waals surface area (Å²) in [4.78, 5) is 18.6. The van der Waals surface area contributed by atoms with E-state index in [1.165, 1.54) is 18.2 Å². The van der Waals surface area contributed by atoms with Gasteiger partial charge in [-0.2, -0.15) is 0 Å². The molecule has 9 heteroatoms. The van der Waals surface area contributed by atoms with E-state index in [9.17, 15) is 18.0 Å². The fourth-order valence-corrected chi connectivity index (χ4v) is 2.98. The highest BCUT2D eigenvalue weighted by Gasteiger charge is 2.31. The van der Waals surface area contributed by atoms with Gasteiger partial charge in [-0.15, -0.1) is 13.2 Å². The van der Waals surface area contributed by atoms with Crippen LogP contribution in [0.3, 0.4) is 0 Å². The smallest absolute Gasteiger partial charge is 0.405 e. The lowest BCUT2D eigenvalue weighted by Gasteiger charge is -2.17. The summed E-state index contributed by atoms with van der Waals surface area (Å²) < 4.78 is 41.3. The number of benzene rings is 1. The molecule has 3 rings (SSSR count). The number of hydrogen-bond acceptors (Lipinski definition) is 4. The number of urea groups is 1. The van der Waals surface area contributed by atoms with Crippen LogP contribution in [-0.2, 0) is 13.1 Å². The molecule has 1 aliphatic heterocycles. The molecule has 6 nitrogen and oxygen atoms in total. The van der Waals surface area contributed by atoms with Crippen molar-refractivity contribution in [3.63, 3.8) is 0 Å². The van der Waals surface area contributed by atoms with Crippen molar-refractivity contribution in [2.45, 2.75) is 32.3 Å². The van der Waals surface area contributed by atoms with Crippen molar-refractivity contribution >= 4 is 11.8 Å². The topological polar surface area (TPSA) is 66.5 Å². The van der Waals surface area contributed by atoms with Gasteiger partial charge >= 0.3 is 12.4 Å². The van der Waals surface area contributed by atoms with Crippen LogP contribution in [0.15, 0.2) is 42.6 Å². The summed E-state index contributed by atoms with van der Waals surface area (Å²) in [6.07, 6.45) is -0.793. The lowest BCUT2D eigenvalue weighted by Crippen LogP contribution is -2.34. The second kappa shape index (κ2) is 8.81. The second-order valence-corrected chi connectivity index (χ2v) is 6.41. The van der Waals surface area contributed by atoms with Gasteiger partial charge in [0.25, 0.3) is 0 Å². The number of carbonyl (C=O) groups is 1. The molecule has 1 aromatic carbocycles. The minimum atomic E-state index is -4.78. The Morgan fingerprint density at radius 1 is 1.11 bits per heavy atom. The Hall–Kier alpha value is -2.97. The summed E-state index contributed by atoms with van der Waals surface area (Å²) in [6, 6.07) is 8.94. The number of ether oxygens (including phenoxy) is 1. The maximum absolute atomic E-state index is 12.4. The van der Waals surface area contributed by atoms with Gasteiger partial charge in [-0.1, -0.05) is 18.2 Å². The van der Waals surface area contributed by atoms with Crippen LogP contribution in [-0.4, -0.2) is 30.5 Å². The lowest BCUT2D eigenvalue weighted by molar-refractivity contribution is -0.274. The van der Waals surface area contributed by atoms with E-state index in [-0.39, 0.29) is 24.4 Å². The maximum atomic E-state index is 12.4. The lowest BCUT2D eigenvalue weighted by atomic mass is 10.2. The number of alkyl halides is 3. The molecule has 2 heterocycles. The number of nitrogens with zero attached hydrogens (tertiary/aromatic N) is 2. The first-order valence-electron chi connectivity index (χ1n) is 8.96. The maximum Gasteiger partial charge on any atom is 0.573 e.